The predicted octanol–water partition coefficient (Wildman–Crippen LogP) is 5.76. The number of morpholine rings is 1. The van der Waals surface area contributed by atoms with Crippen LogP contribution in [0.5, 0.6) is 0 Å². The van der Waals surface area contributed by atoms with Gasteiger partial charge in [-0.3, -0.25) is 9.78 Å². The van der Waals surface area contributed by atoms with Gasteiger partial charge >= 0.3 is 6.09 Å². The third-order valence-electron chi connectivity index (χ3n) is 6.91. The number of ether oxygens (including phenoxy) is 2. The second-order valence-corrected chi connectivity index (χ2v) is 11.5. The standard InChI is InChI=1S/C32H41N5O4/c1-9-21(3)24(10-2)29-28-25(20-37(30(28)38)31(39)41-32(4,5)6)26(18-33-29)34-23-11-12-27(22(17-23)19-35(7)8)36-13-15-40-16-14-36/h9-12,17-18,34H,1,3,13-16,19-20H2,2,4-8H3/b24-10+. The molecular weight excluding hydrogens is 518 g/mol. The molecule has 4 rings (SSSR count). The number of carbonyl (C=O) groups excluding carboxylic acids is 2. The van der Waals surface area contributed by atoms with E-state index in [-0.39, 0.29) is 6.54 Å². The number of anilines is 3. The van der Waals surface area contributed by atoms with Crippen LogP contribution in [0.15, 0.2) is 55.3 Å². The van der Waals surface area contributed by atoms with Crippen molar-refractivity contribution in [3.05, 3.63) is 77.7 Å². The number of pyridine rings is 1. The van der Waals surface area contributed by atoms with Gasteiger partial charge in [0, 0.05) is 42.1 Å². The van der Waals surface area contributed by atoms with Crippen LogP contribution in [-0.2, 0) is 22.6 Å². The van der Waals surface area contributed by atoms with Gasteiger partial charge in [-0.15, -0.1) is 0 Å². The Kier molecular flexibility index (Phi) is 8.99. The van der Waals surface area contributed by atoms with E-state index < -0.39 is 17.6 Å². The average molecular weight is 560 g/mol. The molecule has 9 nitrogen and oxygen atoms in total. The molecule has 218 valence electrons. The van der Waals surface area contributed by atoms with Crippen molar-refractivity contribution in [2.45, 2.75) is 46.4 Å². The van der Waals surface area contributed by atoms with Crippen LogP contribution in [0.25, 0.3) is 5.57 Å². The summed E-state index contributed by atoms with van der Waals surface area (Å²) >= 11 is 0. The summed E-state index contributed by atoms with van der Waals surface area (Å²) in [6.45, 7) is 19.0. The van der Waals surface area contributed by atoms with Gasteiger partial charge in [0.2, 0.25) is 0 Å². The number of amides is 2. The number of fused-ring (bicyclic) bond motifs is 1. The van der Waals surface area contributed by atoms with Crippen molar-refractivity contribution >= 4 is 34.6 Å². The summed E-state index contributed by atoms with van der Waals surface area (Å²) < 4.78 is 11.1. The molecule has 1 fully saturated rings. The van der Waals surface area contributed by atoms with Gasteiger partial charge < -0.3 is 24.6 Å². The first-order valence-corrected chi connectivity index (χ1v) is 13.9. The van der Waals surface area contributed by atoms with Crippen LogP contribution in [0.4, 0.5) is 21.9 Å². The number of hydrogen-bond donors (Lipinski definition) is 1. The molecule has 2 aliphatic rings. The molecule has 2 aromatic rings. The topological polar surface area (TPSA) is 87.2 Å². The number of carbonyl (C=O) groups is 2. The van der Waals surface area contributed by atoms with E-state index in [1.54, 1.807) is 33.0 Å². The zero-order chi connectivity index (χ0) is 29.9. The molecule has 2 amide bonds. The Bertz CT molecular complexity index is 1380. The monoisotopic (exact) mass is 559 g/mol. The Balaban J connectivity index is 1.76. The minimum Gasteiger partial charge on any atom is -0.443 e. The third-order valence-corrected chi connectivity index (χ3v) is 6.91. The quantitative estimate of drug-likeness (QED) is 0.409. The molecule has 0 spiro atoms. The Morgan fingerprint density at radius 1 is 1.24 bits per heavy atom. The van der Waals surface area contributed by atoms with Crippen molar-refractivity contribution in [1.82, 2.24) is 14.8 Å². The number of allylic oxidation sites excluding steroid dienone is 4. The Morgan fingerprint density at radius 3 is 2.56 bits per heavy atom. The molecular formula is C32H41N5O4. The second-order valence-electron chi connectivity index (χ2n) is 11.5. The minimum absolute atomic E-state index is 0.0644. The highest BCUT2D eigenvalue weighted by Crippen LogP contribution is 2.38. The summed E-state index contributed by atoms with van der Waals surface area (Å²) in [5.41, 5.74) is 5.94. The summed E-state index contributed by atoms with van der Waals surface area (Å²) in [4.78, 5) is 37.1. The van der Waals surface area contributed by atoms with Crippen LogP contribution in [0.3, 0.4) is 0 Å². The fourth-order valence-corrected chi connectivity index (χ4v) is 5.07. The van der Waals surface area contributed by atoms with E-state index >= 15 is 0 Å². The van der Waals surface area contributed by atoms with Gasteiger partial charge in [0.1, 0.15) is 5.60 Å². The molecule has 1 saturated heterocycles. The molecule has 0 unspecified atom stereocenters. The predicted molar refractivity (Wildman–Crippen MR) is 163 cm³/mol. The van der Waals surface area contributed by atoms with Crippen molar-refractivity contribution in [3.63, 3.8) is 0 Å². The lowest BCUT2D eigenvalue weighted by Gasteiger charge is -2.31. The van der Waals surface area contributed by atoms with Crippen LogP contribution < -0.4 is 10.2 Å². The Labute approximate surface area is 243 Å². The maximum absolute atomic E-state index is 13.7. The normalized spacial score (nSPS) is 15.7. The van der Waals surface area contributed by atoms with E-state index in [1.807, 2.05) is 33.2 Å². The second kappa shape index (κ2) is 12.3. The summed E-state index contributed by atoms with van der Waals surface area (Å²) in [6.07, 6.45) is 4.49. The number of benzene rings is 1. The highest BCUT2D eigenvalue weighted by Gasteiger charge is 2.39. The smallest absolute Gasteiger partial charge is 0.417 e. The fourth-order valence-electron chi connectivity index (χ4n) is 5.07. The third kappa shape index (κ3) is 6.69. The van der Waals surface area contributed by atoms with Gasteiger partial charge in [-0.25, -0.2) is 9.69 Å². The van der Waals surface area contributed by atoms with Crippen molar-refractivity contribution in [1.29, 1.82) is 0 Å². The molecule has 0 atom stereocenters. The molecule has 3 heterocycles. The number of aromatic nitrogens is 1. The van der Waals surface area contributed by atoms with E-state index in [4.69, 9.17) is 14.5 Å². The first-order chi connectivity index (χ1) is 19.4. The van der Waals surface area contributed by atoms with E-state index in [9.17, 15) is 9.59 Å². The van der Waals surface area contributed by atoms with Crippen LogP contribution in [0, 0.1) is 0 Å². The fraction of sp³-hybridized carbons (Fsp3) is 0.406. The molecule has 0 aliphatic carbocycles. The molecule has 0 bridgehead atoms. The zero-order valence-corrected chi connectivity index (χ0v) is 25.0. The van der Waals surface area contributed by atoms with Crippen molar-refractivity contribution in [2.24, 2.45) is 0 Å². The van der Waals surface area contributed by atoms with Crippen LogP contribution in [-0.4, -0.2) is 72.8 Å². The number of nitrogens with one attached hydrogen (secondary N) is 1. The van der Waals surface area contributed by atoms with Crippen LogP contribution in [0.2, 0.25) is 0 Å². The van der Waals surface area contributed by atoms with Gasteiger partial charge in [0.05, 0.1) is 42.9 Å². The first kappa shape index (κ1) is 30.0. The summed E-state index contributed by atoms with van der Waals surface area (Å²) in [6, 6.07) is 6.28. The lowest BCUT2D eigenvalue weighted by atomic mass is 9.96. The van der Waals surface area contributed by atoms with E-state index in [2.05, 4.69) is 40.4 Å². The molecule has 1 N–H and O–H groups in total. The van der Waals surface area contributed by atoms with Gasteiger partial charge in [-0.05, 0) is 71.1 Å². The lowest BCUT2D eigenvalue weighted by Crippen LogP contribution is -2.37. The van der Waals surface area contributed by atoms with Gasteiger partial charge in [-0.1, -0.05) is 25.3 Å². The average Bonchev–Trinajstić information content (AvgIpc) is 3.27. The number of rotatable bonds is 8. The molecule has 0 saturated carbocycles. The molecule has 1 aromatic heterocycles. The summed E-state index contributed by atoms with van der Waals surface area (Å²) in [5, 5.41) is 3.49. The highest BCUT2D eigenvalue weighted by molar-refractivity contribution is 6.11. The van der Waals surface area contributed by atoms with Gasteiger partial charge in [0.15, 0.2) is 0 Å². The van der Waals surface area contributed by atoms with Crippen molar-refractivity contribution in [2.75, 3.05) is 50.6 Å². The Morgan fingerprint density at radius 2 is 1.95 bits per heavy atom. The summed E-state index contributed by atoms with van der Waals surface area (Å²) in [5.74, 6) is -0.451. The largest absolute Gasteiger partial charge is 0.443 e. The number of nitrogens with zero attached hydrogens (tertiary/aromatic N) is 4. The van der Waals surface area contributed by atoms with Crippen molar-refractivity contribution in [3.8, 4) is 0 Å². The van der Waals surface area contributed by atoms with Crippen LogP contribution >= 0.6 is 0 Å². The van der Waals surface area contributed by atoms with Crippen molar-refractivity contribution < 1.29 is 19.1 Å². The van der Waals surface area contributed by atoms with Gasteiger partial charge in [0.25, 0.3) is 5.91 Å². The maximum atomic E-state index is 13.7. The Hall–Kier alpha value is -3.95. The number of hydrogen-bond acceptors (Lipinski definition) is 8. The molecule has 1 aromatic carbocycles. The number of imide groups is 1. The highest BCUT2D eigenvalue weighted by atomic mass is 16.6. The molecule has 9 heteroatoms. The molecule has 41 heavy (non-hydrogen) atoms. The van der Waals surface area contributed by atoms with Crippen LogP contribution in [0.1, 0.15) is 54.9 Å². The summed E-state index contributed by atoms with van der Waals surface area (Å²) in [7, 11) is 4.09. The molecule has 0 radical (unpaired) electrons. The first-order valence-electron chi connectivity index (χ1n) is 13.9. The van der Waals surface area contributed by atoms with E-state index in [0.717, 1.165) is 30.2 Å². The maximum Gasteiger partial charge on any atom is 0.417 e. The molecule has 2 aliphatic heterocycles. The SMILES string of the molecule is C=CC(=C)/C(=C\C)c1ncc(Nc2ccc(N3CCOCC3)c(CN(C)C)c2)c2c1C(=O)N(C(=O)OC(C)(C)C)C2. The minimum atomic E-state index is -0.745. The van der Waals surface area contributed by atoms with Gasteiger partial charge in [-0.2, -0.15) is 0 Å². The zero-order valence-electron chi connectivity index (χ0n) is 25.0. The van der Waals surface area contributed by atoms with E-state index in [0.29, 0.717) is 46.9 Å². The lowest BCUT2D eigenvalue weighted by molar-refractivity contribution is 0.0248. The van der Waals surface area contributed by atoms with E-state index in [1.165, 1.54) is 11.3 Å².